The molecule has 0 aliphatic heterocycles. The number of alkyl halides is 2. The largest absolute Gasteiger partial charge is 0.358 e. The molecule has 0 bridgehead atoms. The first-order valence-electron chi connectivity index (χ1n) is 12.7. The molecule has 0 radical (unpaired) electrons. The highest BCUT2D eigenvalue weighted by atomic mass is 19.3. The summed E-state index contributed by atoms with van der Waals surface area (Å²) in [5, 5.41) is 0. The van der Waals surface area contributed by atoms with Crippen molar-refractivity contribution in [3.8, 4) is 0 Å². The van der Waals surface area contributed by atoms with E-state index in [9.17, 15) is 8.78 Å². The third kappa shape index (κ3) is 5.29. The molecular weight excluding hydrogens is 354 g/mol. The highest BCUT2D eigenvalue weighted by Crippen LogP contribution is 2.48. The van der Waals surface area contributed by atoms with Gasteiger partial charge in [0.05, 0.1) is 12.0 Å². The van der Waals surface area contributed by atoms with Crippen LogP contribution in [-0.4, -0.2) is 12.2 Å². The summed E-state index contributed by atoms with van der Waals surface area (Å²) in [5.41, 5.74) is 0. The van der Waals surface area contributed by atoms with Gasteiger partial charge in [-0.25, -0.2) is 0 Å². The van der Waals surface area contributed by atoms with Crippen molar-refractivity contribution in [2.75, 3.05) is 0 Å². The summed E-state index contributed by atoms with van der Waals surface area (Å²) < 4.78 is 34.7. The van der Waals surface area contributed by atoms with Crippen LogP contribution >= 0.6 is 0 Å². The zero-order valence-electron chi connectivity index (χ0n) is 17.9. The van der Waals surface area contributed by atoms with E-state index in [1.165, 1.54) is 64.2 Å². The van der Waals surface area contributed by atoms with Gasteiger partial charge < -0.3 is 4.74 Å². The molecule has 4 aliphatic carbocycles. The summed E-state index contributed by atoms with van der Waals surface area (Å²) in [4.78, 5) is 0. The Balaban J connectivity index is 1.20. The molecule has 3 heteroatoms. The van der Waals surface area contributed by atoms with Crippen molar-refractivity contribution < 1.29 is 13.5 Å². The van der Waals surface area contributed by atoms with Crippen LogP contribution in [0.4, 0.5) is 8.78 Å². The van der Waals surface area contributed by atoms with Crippen molar-refractivity contribution in [3.05, 3.63) is 0 Å². The maximum Gasteiger partial charge on any atom is 0.358 e. The predicted octanol–water partition coefficient (Wildman–Crippen LogP) is 8.12. The molecule has 0 heterocycles. The second-order valence-electron chi connectivity index (χ2n) is 10.6. The molecule has 28 heavy (non-hydrogen) atoms. The lowest BCUT2D eigenvalue weighted by Gasteiger charge is -2.41. The van der Waals surface area contributed by atoms with E-state index in [2.05, 4.69) is 0 Å². The third-order valence-corrected chi connectivity index (χ3v) is 8.92. The molecule has 0 aromatic carbocycles. The van der Waals surface area contributed by atoms with Crippen LogP contribution in [0.25, 0.3) is 0 Å². The van der Waals surface area contributed by atoms with Gasteiger partial charge in [-0.3, -0.25) is 0 Å². The Bertz CT molecular complexity index is 451. The first kappa shape index (κ1) is 21.1. The minimum absolute atomic E-state index is 0.198. The topological polar surface area (TPSA) is 9.23 Å². The monoisotopic (exact) mass is 396 g/mol. The number of halogens is 2. The molecule has 4 saturated carbocycles. The number of hydrogen-bond donors (Lipinski definition) is 0. The van der Waals surface area contributed by atoms with Gasteiger partial charge in [-0.1, -0.05) is 51.4 Å². The Morgan fingerprint density at radius 2 is 0.857 bits per heavy atom. The van der Waals surface area contributed by atoms with Crippen molar-refractivity contribution in [1.82, 2.24) is 0 Å². The average molecular weight is 397 g/mol. The van der Waals surface area contributed by atoms with Gasteiger partial charge >= 0.3 is 6.11 Å². The van der Waals surface area contributed by atoms with E-state index >= 15 is 0 Å². The first-order valence-corrected chi connectivity index (χ1v) is 12.7. The summed E-state index contributed by atoms with van der Waals surface area (Å²) in [7, 11) is 0. The van der Waals surface area contributed by atoms with Crippen molar-refractivity contribution in [2.45, 2.75) is 128 Å². The summed E-state index contributed by atoms with van der Waals surface area (Å²) in [6, 6.07) is 0. The van der Waals surface area contributed by atoms with Gasteiger partial charge in [0, 0.05) is 0 Å². The Morgan fingerprint density at radius 3 is 1.36 bits per heavy atom. The van der Waals surface area contributed by atoms with E-state index in [-0.39, 0.29) is 6.10 Å². The van der Waals surface area contributed by atoms with Crippen molar-refractivity contribution in [3.63, 3.8) is 0 Å². The van der Waals surface area contributed by atoms with Crippen LogP contribution < -0.4 is 0 Å². The van der Waals surface area contributed by atoms with Gasteiger partial charge in [0.15, 0.2) is 0 Å². The summed E-state index contributed by atoms with van der Waals surface area (Å²) in [6.07, 6.45) is 18.1. The lowest BCUT2D eigenvalue weighted by Crippen LogP contribution is -2.39. The summed E-state index contributed by atoms with van der Waals surface area (Å²) >= 11 is 0. The first-order chi connectivity index (χ1) is 13.6. The molecule has 0 saturated heterocycles. The van der Waals surface area contributed by atoms with Gasteiger partial charge in [0.1, 0.15) is 0 Å². The zero-order valence-corrected chi connectivity index (χ0v) is 17.9. The van der Waals surface area contributed by atoms with Gasteiger partial charge in [-0.2, -0.15) is 8.78 Å². The molecule has 1 nitrogen and oxygen atoms in total. The average Bonchev–Trinajstić information content (AvgIpc) is 2.75. The van der Waals surface area contributed by atoms with Crippen molar-refractivity contribution >= 4 is 0 Å². The fourth-order valence-corrected chi connectivity index (χ4v) is 7.12. The van der Waals surface area contributed by atoms with Crippen molar-refractivity contribution in [2.24, 2.45) is 29.6 Å². The zero-order chi connectivity index (χ0) is 19.4. The lowest BCUT2D eigenvalue weighted by atomic mass is 9.65. The lowest BCUT2D eigenvalue weighted by molar-refractivity contribution is -0.301. The van der Waals surface area contributed by atoms with Crippen LogP contribution in [0.3, 0.4) is 0 Å². The predicted molar refractivity (Wildman–Crippen MR) is 110 cm³/mol. The standard InChI is InChI=1S/C25H42F2O/c26-25(27,28-24-9-5-2-6-10-24)23-17-15-22(16-18-23)21-13-11-20(12-14-21)19-7-3-1-4-8-19/h19-24H,1-18H2. The van der Waals surface area contributed by atoms with Gasteiger partial charge in [-0.05, 0) is 87.9 Å². The second-order valence-corrected chi connectivity index (χ2v) is 10.6. The van der Waals surface area contributed by atoms with E-state index in [1.807, 2.05) is 0 Å². The Kier molecular flexibility index (Phi) is 7.34. The minimum Gasteiger partial charge on any atom is -0.317 e. The molecular formula is C25H42F2O. The molecule has 0 spiro atoms. The van der Waals surface area contributed by atoms with Crippen LogP contribution in [0.1, 0.15) is 116 Å². The maximum absolute atomic E-state index is 14.7. The smallest absolute Gasteiger partial charge is 0.317 e. The van der Waals surface area contributed by atoms with Gasteiger partial charge in [-0.15, -0.1) is 0 Å². The molecule has 0 unspecified atom stereocenters. The van der Waals surface area contributed by atoms with Gasteiger partial charge in [0.25, 0.3) is 0 Å². The van der Waals surface area contributed by atoms with E-state index in [0.29, 0.717) is 18.8 Å². The molecule has 0 aromatic rings. The van der Waals surface area contributed by atoms with E-state index in [0.717, 1.165) is 56.3 Å². The maximum atomic E-state index is 14.7. The third-order valence-electron chi connectivity index (χ3n) is 8.92. The minimum atomic E-state index is -2.90. The quantitative estimate of drug-likeness (QED) is 0.456. The molecule has 0 N–H and O–H groups in total. The molecule has 4 aliphatic rings. The van der Waals surface area contributed by atoms with Crippen molar-refractivity contribution in [1.29, 1.82) is 0 Å². The highest BCUT2D eigenvalue weighted by Gasteiger charge is 2.45. The molecule has 4 rings (SSSR count). The molecule has 0 aromatic heterocycles. The van der Waals surface area contributed by atoms with E-state index in [1.54, 1.807) is 0 Å². The van der Waals surface area contributed by atoms with Crippen LogP contribution in [0.15, 0.2) is 0 Å². The van der Waals surface area contributed by atoms with Crippen LogP contribution in [-0.2, 0) is 4.74 Å². The fourth-order valence-electron chi connectivity index (χ4n) is 7.12. The Labute approximate surface area is 171 Å². The van der Waals surface area contributed by atoms with Crippen LogP contribution in [0.2, 0.25) is 0 Å². The van der Waals surface area contributed by atoms with E-state index < -0.39 is 12.0 Å². The summed E-state index contributed by atoms with van der Waals surface area (Å²) in [6.45, 7) is 0. The fraction of sp³-hybridized carbons (Fsp3) is 1.00. The number of rotatable bonds is 5. The number of ether oxygens (including phenoxy) is 1. The SMILES string of the molecule is FC(F)(OC1CCCCC1)C1CCC(C2CCC(C3CCCCC3)CC2)CC1. The molecule has 162 valence electrons. The molecule has 0 amide bonds. The van der Waals surface area contributed by atoms with E-state index in [4.69, 9.17) is 4.74 Å². The number of hydrogen-bond acceptors (Lipinski definition) is 1. The second kappa shape index (κ2) is 9.75. The Hall–Kier alpha value is -0.180. The van der Waals surface area contributed by atoms with Gasteiger partial charge in [0.2, 0.25) is 0 Å². The highest BCUT2D eigenvalue weighted by molar-refractivity contribution is 4.86. The summed E-state index contributed by atoms with van der Waals surface area (Å²) in [5.74, 6) is 2.95. The van der Waals surface area contributed by atoms with Crippen LogP contribution in [0.5, 0.6) is 0 Å². The van der Waals surface area contributed by atoms with Crippen LogP contribution in [0, 0.1) is 29.6 Å². The molecule has 0 atom stereocenters. The Morgan fingerprint density at radius 1 is 0.464 bits per heavy atom. The normalized spacial score (nSPS) is 37.1. The molecule has 4 fully saturated rings.